The Morgan fingerprint density at radius 2 is 1.89 bits per heavy atom. The first kappa shape index (κ1) is 24.9. The molecule has 0 aromatic heterocycles. The van der Waals surface area contributed by atoms with E-state index in [4.69, 9.17) is 9.47 Å². The molecule has 2 aromatic carbocycles. The Kier molecular flexibility index (Phi) is 6.43. The molecule has 8 heteroatoms. The molecule has 3 fully saturated rings. The molecule has 0 saturated carbocycles. The van der Waals surface area contributed by atoms with E-state index in [1.807, 2.05) is 18.2 Å². The van der Waals surface area contributed by atoms with Gasteiger partial charge in [-0.3, -0.25) is 4.90 Å². The van der Waals surface area contributed by atoms with Crippen LogP contribution in [-0.4, -0.2) is 43.3 Å². The normalized spacial score (nSPS) is 26.4. The van der Waals surface area contributed by atoms with Crippen molar-refractivity contribution in [1.29, 1.82) is 0 Å². The predicted molar refractivity (Wildman–Crippen MR) is 131 cm³/mol. The maximum Gasteiger partial charge on any atom is 0.416 e. The van der Waals surface area contributed by atoms with Crippen LogP contribution in [0.15, 0.2) is 36.4 Å². The van der Waals surface area contributed by atoms with E-state index in [1.165, 1.54) is 6.07 Å². The van der Waals surface area contributed by atoms with E-state index in [9.17, 15) is 18.0 Å². The van der Waals surface area contributed by atoms with E-state index < -0.39 is 11.7 Å². The number of hydrogen-bond donors (Lipinski definition) is 1. The lowest BCUT2D eigenvalue weighted by Crippen LogP contribution is -2.53. The number of fused-ring (bicyclic) bond motifs is 4. The smallest absolute Gasteiger partial charge is 0.416 e. The number of alkyl carbamates (subject to hydrolysis) is 1. The third-order valence-electron chi connectivity index (χ3n) is 7.92. The number of piperidine rings is 3. The van der Waals surface area contributed by atoms with Crippen molar-refractivity contribution in [3.63, 3.8) is 0 Å². The summed E-state index contributed by atoms with van der Waals surface area (Å²) in [6, 6.07) is 9.26. The van der Waals surface area contributed by atoms with Crippen LogP contribution in [0.1, 0.15) is 56.3 Å². The van der Waals surface area contributed by atoms with Gasteiger partial charge in [-0.15, -0.1) is 0 Å². The second kappa shape index (κ2) is 9.29. The SMILES string of the molecule is CCOc1cc(C(F)(F)F)ccc1-c1ccc2c(c1)CC(C)(C)C2NC(=O)O[C@H]1CN2CCC1CC2. The molecule has 4 aliphatic rings. The highest BCUT2D eigenvalue weighted by atomic mass is 19.4. The molecule has 5 nitrogen and oxygen atoms in total. The molecular weight excluding hydrogens is 469 g/mol. The lowest BCUT2D eigenvalue weighted by atomic mass is 9.85. The lowest BCUT2D eigenvalue weighted by Gasteiger charge is -2.44. The third kappa shape index (κ3) is 4.80. The van der Waals surface area contributed by atoms with E-state index in [1.54, 1.807) is 6.92 Å². The number of halogens is 3. The molecule has 1 unspecified atom stereocenters. The number of alkyl halides is 3. The first-order valence-electron chi connectivity index (χ1n) is 12.7. The largest absolute Gasteiger partial charge is 0.493 e. The van der Waals surface area contributed by atoms with E-state index in [-0.39, 0.29) is 36.0 Å². The molecule has 3 saturated heterocycles. The minimum absolute atomic E-state index is 0.0597. The summed E-state index contributed by atoms with van der Waals surface area (Å²) < 4.78 is 51.2. The highest BCUT2D eigenvalue weighted by Gasteiger charge is 2.42. The number of nitrogens with zero attached hydrogens (tertiary/aromatic N) is 1. The summed E-state index contributed by atoms with van der Waals surface area (Å²) in [5, 5.41) is 3.12. The molecule has 6 rings (SSSR count). The number of nitrogens with one attached hydrogen (secondary N) is 1. The summed E-state index contributed by atoms with van der Waals surface area (Å²) in [7, 11) is 0. The van der Waals surface area contributed by atoms with Crippen LogP contribution in [0.2, 0.25) is 0 Å². The number of hydrogen-bond acceptors (Lipinski definition) is 4. The van der Waals surface area contributed by atoms with Gasteiger partial charge in [0.2, 0.25) is 0 Å². The molecule has 3 aliphatic heterocycles. The number of amides is 1. The Balaban J connectivity index is 1.37. The lowest BCUT2D eigenvalue weighted by molar-refractivity contribution is -0.137. The maximum atomic E-state index is 13.2. The van der Waals surface area contributed by atoms with Gasteiger partial charge in [0, 0.05) is 12.1 Å². The number of rotatable bonds is 5. The van der Waals surface area contributed by atoms with Gasteiger partial charge in [-0.05, 0) is 79.4 Å². The van der Waals surface area contributed by atoms with Crippen molar-refractivity contribution in [3.8, 4) is 16.9 Å². The van der Waals surface area contributed by atoms with Crippen LogP contribution in [0.3, 0.4) is 0 Å². The van der Waals surface area contributed by atoms with Gasteiger partial charge >= 0.3 is 12.3 Å². The first-order chi connectivity index (χ1) is 17.0. The zero-order valence-corrected chi connectivity index (χ0v) is 21.0. The molecule has 1 N–H and O–H groups in total. The molecule has 0 radical (unpaired) electrons. The standard InChI is InChI=1S/C28H33F3N2O3/c1-4-35-23-14-20(28(29,30)31)6-8-21(23)18-5-7-22-19(13-18)15-27(2,3)25(22)32-26(34)36-24-16-33-11-9-17(24)10-12-33/h5-8,13-14,17,24-25H,4,9-12,15-16H2,1-3H3,(H,32,34)/t24-,25?/m0/s1. The van der Waals surface area contributed by atoms with Crippen molar-refractivity contribution in [1.82, 2.24) is 10.2 Å². The van der Waals surface area contributed by atoms with E-state index >= 15 is 0 Å². The van der Waals surface area contributed by atoms with Crippen LogP contribution in [0.25, 0.3) is 11.1 Å². The zero-order chi connectivity index (χ0) is 25.7. The maximum absolute atomic E-state index is 13.2. The molecule has 3 heterocycles. The van der Waals surface area contributed by atoms with Crippen molar-refractivity contribution in [3.05, 3.63) is 53.1 Å². The van der Waals surface area contributed by atoms with Gasteiger partial charge in [-0.1, -0.05) is 38.1 Å². The van der Waals surface area contributed by atoms with Crippen LogP contribution >= 0.6 is 0 Å². The highest BCUT2D eigenvalue weighted by molar-refractivity contribution is 5.73. The van der Waals surface area contributed by atoms with Gasteiger partial charge < -0.3 is 14.8 Å². The summed E-state index contributed by atoms with van der Waals surface area (Å²) in [4.78, 5) is 15.3. The van der Waals surface area contributed by atoms with Gasteiger partial charge in [0.25, 0.3) is 0 Å². The van der Waals surface area contributed by atoms with Crippen molar-refractivity contribution in [2.45, 2.75) is 58.4 Å². The van der Waals surface area contributed by atoms with E-state index in [2.05, 4.69) is 24.1 Å². The summed E-state index contributed by atoms with van der Waals surface area (Å²) in [5.41, 5.74) is 2.51. The molecule has 0 spiro atoms. The monoisotopic (exact) mass is 502 g/mol. The predicted octanol–water partition coefficient (Wildman–Crippen LogP) is 6.21. The minimum Gasteiger partial charge on any atom is -0.493 e. The molecule has 2 atom stereocenters. The van der Waals surface area contributed by atoms with Gasteiger partial charge in [-0.25, -0.2) is 4.79 Å². The topological polar surface area (TPSA) is 50.8 Å². The van der Waals surface area contributed by atoms with Crippen molar-refractivity contribution >= 4 is 6.09 Å². The number of benzene rings is 2. The van der Waals surface area contributed by atoms with Gasteiger partial charge in [-0.2, -0.15) is 13.2 Å². The molecule has 1 aliphatic carbocycles. The van der Waals surface area contributed by atoms with Gasteiger partial charge in [0.15, 0.2) is 0 Å². The van der Waals surface area contributed by atoms with Crippen molar-refractivity contribution in [2.24, 2.45) is 11.3 Å². The molecule has 1 amide bonds. The number of carbonyl (C=O) groups excluding carboxylic acids is 1. The zero-order valence-electron chi connectivity index (χ0n) is 21.0. The molecule has 194 valence electrons. The Hall–Kier alpha value is -2.74. The number of carbonyl (C=O) groups is 1. The fraction of sp³-hybridized carbons (Fsp3) is 0.536. The second-order valence-electron chi connectivity index (χ2n) is 10.9. The summed E-state index contributed by atoms with van der Waals surface area (Å²) in [6.07, 6.45) is -2.00. The Morgan fingerprint density at radius 1 is 1.14 bits per heavy atom. The Labute approximate surface area is 210 Å². The molecular formula is C28H33F3N2O3. The summed E-state index contributed by atoms with van der Waals surface area (Å²) in [6.45, 7) is 9.20. The van der Waals surface area contributed by atoms with Gasteiger partial charge in [0.1, 0.15) is 11.9 Å². The fourth-order valence-electron chi connectivity index (χ4n) is 6.04. The van der Waals surface area contributed by atoms with Crippen LogP contribution in [-0.2, 0) is 17.3 Å². The quantitative estimate of drug-likeness (QED) is 0.528. The summed E-state index contributed by atoms with van der Waals surface area (Å²) in [5.74, 6) is 0.649. The van der Waals surface area contributed by atoms with Crippen LogP contribution in [0, 0.1) is 11.3 Å². The van der Waals surface area contributed by atoms with Crippen molar-refractivity contribution in [2.75, 3.05) is 26.2 Å². The Morgan fingerprint density at radius 3 is 2.53 bits per heavy atom. The minimum atomic E-state index is -4.44. The van der Waals surface area contributed by atoms with Crippen LogP contribution < -0.4 is 10.1 Å². The highest BCUT2D eigenvalue weighted by Crippen LogP contribution is 2.47. The number of ether oxygens (including phenoxy) is 2. The molecule has 2 bridgehead atoms. The third-order valence-corrected chi connectivity index (χ3v) is 7.92. The van der Waals surface area contributed by atoms with E-state index in [0.717, 1.165) is 67.7 Å². The van der Waals surface area contributed by atoms with Gasteiger partial charge in [0.05, 0.1) is 18.2 Å². The molecule has 36 heavy (non-hydrogen) atoms. The van der Waals surface area contributed by atoms with Crippen molar-refractivity contribution < 1.29 is 27.4 Å². The molecule has 2 aromatic rings. The van der Waals surface area contributed by atoms with E-state index in [0.29, 0.717) is 11.5 Å². The summed E-state index contributed by atoms with van der Waals surface area (Å²) >= 11 is 0. The average Bonchev–Trinajstić information content (AvgIpc) is 3.08. The first-order valence-corrected chi connectivity index (χ1v) is 12.7. The van der Waals surface area contributed by atoms with Crippen LogP contribution in [0.4, 0.5) is 18.0 Å². The average molecular weight is 503 g/mol. The Bertz CT molecular complexity index is 1140. The van der Waals surface area contributed by atoms with Crippen LogP contribution in [0.5, 0.6) is 5.75 Å². The second-order valence-corrected chi connectivity index (χ2v) is 10.9. The fourth-order valence-corrected chi connectivity index (χ4v) is 6.04.